The number of aryl methyl sites for hydroxylation is 1. The predicted molar refractivity (Wildman–Crippen MR) is 82.2 cm³/mol. The van der Waals surface area contributed by atoms with Crippen molar-refractivity contribution in [1.82, 2.24) is 0 Å². The number of hydrogen-bond donors (Lipinski definition) is 1. The van der Waals surface area contributed by atoms with Crippen molar-refractivity contribution in [2.75, 3.05) is 17.2 Å². The molecule has 110 valence electrons. The highest BCUT2D eigenvalue weighted by molar-refractivity contribution is 5.93. The van der Waals surface area contributed by atoms with Crippen molar-refractivity contribution in [3.63, 3.8) is 0 Å². The van der Waals surface area contributed by atoms with Crippen molar-refractivity contribution < 1.29 is 9.53 Å². The second kappa shape index (κ2) is 4.40. The van der Waals surface area contributed by atoms with Crippen molar-refractivity contribution in [3.8, 4) is 0 Å². The Balaban J connectivity index is 2.45. The van der Waals surface area contributed by atoms with Gasteiger partial charge in [0.1, 0.15) is 5.60 Å². The van der Waals surface area contributed by atoms with E-state index in [4.69, 9.17) is 10.5 Å². The SMILES string of the molecule is Cc1cc(N)cc2c1N(C(=O)OC(C)(C)C)CC2(C)C. The summed E-state index contributed by atoms with van der Waals surface area (Å²) in [5.74, 6) is 0. The summed E-state index contributed by atoms with van der Waals surface area (Å²) in [6.45, 7) is 12.5. The summed E-state index contributed by atoms with van der Waals surface area (Å²) in [5, 5.41) is 0. The maximum absolute atomic E-state index is 12.4. The number of nitrogens with zero attached hydrogens (tertiary/aromatic N) is 1. The van der Waals surface area contributed by atoms with Crippen LogP contribution in [-0.4, -0.2) is 18.2 Å². The number of fused-ring (bicyclic) bond motifs is 1. The molecule has 4 nitrogen and oxygen atoms in total. The van der Waals surface area contributed by atoms with Crippen LogP contribution in [0.2, 0.25) is 0 Å². The lowest BCUT2D eigenvalue weighted by molar-refractivity contribution is 0.0579. The summed E-state index contributed by atoms with van der Waals surface area (Å²) in [7, 11) is 0. The molecule has 2 N–H and O–H groups in total. The highest BCUT2D eigenvalue weighted by Gasteiger charge is 2.40. The van der Waals surface area contributed by atoms with E-state index in [-0.39, 0.29) is 11.5 Å². The Morgan fingerprint density at radius 3 is 2.50 bits per heavy atom. The van der Waals surface area contributed by atoms with Crippen LogP contribution in [0.25, 0.3) is 0 Å². The van der Waals surface area contributed by atoms with Gasteiger partial charge < -0.3 is 10.5 Å². The van der Waals surface area contributed by atoms with Crippen molar-refractivity contribution in [2.24, 2.45) is 0 Å². The number of carbonyl (C=O) groups excluding carboxylic acids is 1. The fourth-order valence-electron chi connectivity index (χ4n) is 2.71. The monoisotopic (exact) mass is 276 g/mol. The van der Waals surface area contributed by atoms with Crippen molar-refractivity contribution in [3.05, 3.63) is 23.3 Å². The fraction of sp³-hybridized carbons (Fsp3) is 0.562. The molecule has 1 aromatic carbocycles. The number of nitrogens with two attached hydrogens (primary N) is 1. The van der Waals surface area contributed by atoms with E-state index in [0.29, 0.717) is 6.54 Å². The molecule has 1 aromatic rings. The second-order valence-corrected chi connectivity index (χ2v) is 7.18. The summed E-state index contributed by atoms with van der Waals surface area (Å²) in [6, 6.07) is 3.87. The van der Waals surface area contributed by atoms with Gasteiger partial charge in [-0.2, -0.15) is 0 Å². The molecule has 0 atom stereocenters. The molecule has 0 unspecified atom stereocenters. The lowest BCUT2D eigenvalue weighted by Gasteiger charge is -2.26. The molecule has 0 spiro atoms. The lowest BCUT2D eigenvalue weighted by Crippen LogP contribution is -2.38. The van der Waals surface area contributed by atoms with E-state index in [9.17, 15) is 4.79 Å². The Bertz CT molecular complexity index is 556. The van der Waals surface area contributed by atoms with Crippen LogP contribution < -0.4 is 10.6 Å². The van der Waals surface area contributed by atoms with E-state index in [2.05, 4.69) is 13.8 Å². The molecule has 1 aliphatic rings. The maximum atomic E-state index is 12.4. The number of amides is 1. The van der Waals surface area contributed by atoms with E-state index >= 15 is 0 Å². The van der Waals surface area contributed by atoms with Crippen LogP contribution in [0.3, 0.4) is 0 Å². The maximum Gasteiger partial charge on any atom is 0.414 e. The molecule has 1 heterocycles. The molecule has 0 saturated heterocycles. The Kier molecular flexibility index (Phi) is 3.23. The van der Waals surface area contributed by atoms with Gasteiger partial charge in [-0.3, -0.25) is 4.90 Å². The largest absolute Gasteiger partial charge is 0.443 e. The van der Waals surface area contributed by atoms with Crippen LogP contribution in [-0.2, 0) is 10.2 Å². The Labute approximate surface area is 120 Å². The molecule has 1 amide bonds. The highest BCUT2D eigenvalue weighted by atomic mass is 16.6. The second-order valence-electron chi connectivity index (χ2n) is 7.18. The van der Waals surface area contributed by atoms with Crippen LogP contribution in [0.4, 0.5) is 16.2 Å². The summed E-state index contributed by atoms with van der Waals surface area (Å²) in [4.78, 5) is 14.2. The van der Waals surface area contributed by atoms with Crippen LogP contribution >= 0.6 is 0 Å². The summed E-state index contributed by atoms with van der Waals surface area (Å²) in [6.07, 6.45) is -0.294. The summed E-state index contributed by atoms with van der Waals surface area (Å²) < 4.78 is 5.51. The fourth-order valence-corrected chi connectivity index (χ4v) is 2.71. The van der Waals surface area contributed by atoms with Gasteiger partial charge in [-0.25, -0.2) is 4.79 Å². The number of hydrogen-bond acceptors (Lipinski definition) is 3. The van der Waals surface area contributed by atoms with Gasteiger partial charge in [-0.1, -0.05) is 13.8 Å². The quantitative estimate of drug-likeness (QED) is 0.736. The minimum atomic E-state index is -0.494. The van der Waals surface area contributed by atoms with E-state index < -0.39 is 5.60 Å². The minimum absolute atomic E-state index is 0.119. The Hall–Kier alpha value is -1.71. The minimum Gasteiger partial charge on any atom is -0.443 e. The molecule has 20 heavy (non-hydrogen) atoms. The number of ether oxygens (including phenoxy) is 1. The van der Waals surface area contributed by atoms with Gasteiger partial charge in [0.15, 0.2) is 0 Å². The molecular weight excluding hydrogens is 252 g/mol. The number of nitrogen functional groups attached to an aromatic ring is 1. The predicted octanol–water partition coefficient (Wildman–Crippen LogP) is 3.61. The molecule has 2 rings (SSSR count). The zero-order chi connectivity index (χ0) is 15.3. The first-order chi connectivity index (χ1) is 9.01. The molecule has 0 bridgehead atoms. The Morgan fingerprint density at radius 1 is 1.35 bits per heavy atom. The first-order valence-electron chi connectivity index (χ1n) is 6.92. The smallest absolute Gasteiger partial charge is 0.414 e. The standard InChI is InChI=1S/C16H24N2O2/c1-10-7-11(17)8-12-13(10)18(9-16(12,5)6)14(19)20-15(2,3)4/h7-8H,9,17H2,1-6H3. The summed E-state index contributed by atoms with van der Waals surface area (Å²) >= 11 is 0. The van der Waals surface area contributed by atoms with Gasteiger partial charge in [0.05, 0.1) is 5.69 Å². The zero-order valence-corrected chi connectivity index (χ0v) is 13.2. The van der Waals surface area contributed by atoms with E-state index in [1.165, 1.54) is 0 Å². The number of benzene rings is 1. The van der Waals surface area contributed by atoms with E-state index in [1.807, 2.05) is 39.8 Å². The van der Waals surface area contributed by atoms with Crippen molar-refractivity contribution in [2.45, 2.75) is 52.6 Å². The molecule has 0 saturated carbocycles. The van der Waals surface area contributed by atoms with Gasteiger partial charge in [-0.05, 0) is 51.0 Å². The average molecular weight is 276 g/mol. The van der Waals surface area contributed by atoms with Gasteiger partial charge in [0.25, 0.3) is 0 Å². The molecule has 0 radical (unpaired) electrons. The molecule has 0 fully saturated rings. The zero-order valence-electron chi connectivity index (χ0n) is 13.2. The third kappa shape index (κ3) is 2.60. The normalized spacial score (nSPS) is 17.0. The molecule has 0 aromatic heterocycles. The molecule has 4 heteroatoms. The molecule has 1 aliphatic heterocycles. The highest BCUT2D eigenvalue weighted by Crippen LogP contribution is 2.44. The van der Waals surface area contributed by atoms with Gasteiger partial charge in [0, 0.05) is 17.6 Å². The third-order valence-electron chi connectivity index (χ3n) is 3.49. The first kappa shape index (κ1) is 14.7. The summed E-state index contributed by atoms with van der Waals surface area (Å²) in [5.41, 5.74) is 9.13. The third-order valence-corrected chi connectivity index (χ3v) is 3.49. The Morgan fingerprint density at radius 2 is 1.95 bits per heavy atom. The van der Waals surface area contributed by atoms with Crippen LogP contribution in [0.5, 0.6) is 0 Å². The number of rotatable bonds is 0. The van der Waals surface area contributed by atoms with Crippen molar-refractivity contribution >= 4 is 17.5 Å². The first-order valence-corrected chi connectivity index (χ1v) is 6.92. The van der Waals surface area contributed by atoms with Gasteiger partial charge in [-0.15, -0.1) is 0 Å². The number of carbonyl (C=O) groups is 1. The van der Waals surface area contributed by atoms with E-state index in [0.717, 1.165) is 22.5 Å². The van der Waals surface area contributed by atoms with E-state index in [1.54, 1.807) is 4.90 Å². The van der Waals surface area contributed by atoms with Crippen LogP contribution in [0, 0.1) is 6.92 Å². The lowest BCUT2D eigenvalue weighted by atomic mass is 9.86. The van der Waals surface area contributed by atoms with Crippen LogP contribution in [0.1, 0.15) is 45.7 Å². The van der Waals surface area contributed by atoms with Gasteiger partial charge >= 0.3 is 6.09 Å². The average Bonchev–Trinajstić information content (AvgIpc) is 2.49. The topological polar surface area (TPSA) is 55.6 Å². The van der Waals surface area contributed by atoms with Crippen molar-refractivity contribution in [1.29, 1.82) is 0 Å². The molecular formula is C16H24N2O2. The van der Waals surface area contributed by atoms with Gasteiger partial charge in [0.2, 0.25) is 0 Å². The number of anilines is 2. The van der Waals surface area contributed by atoms with Crippen LogP contribution in [0.15, 0.2) is 12.1 Å². The molecule has 0 aliphatic carbocycles.